The quantitative estimate of drug-likeness (QED) is 0.772. The highest BCUT2D eigenvalue weighted by molar-refractivity contribution is 7.85. The minimum atomic E-state index is -1.27. The lowest BCUT2D eigenvalue weighted by Crippen LogP contribution is -2.31. The Kier molecular flexibility index (Phi) is 6.89. The predicted octanol–water partition coefficient (Wildman–Crippen LogP) is 2.85. The Morgan fingerprint density at radius 3 is 2.40 bits per heavy atom. The van der Waals surface area contributed by atoms with Gasteiger partial charge in [-0.3, -0.25) is 9.00 Å². The van der Waals surface area contributed by atoms with Crippen LogP contribution in [-0.4, -0.2) is 28.4 Å². The van der Waals surface area contributed by atoms with Crippen LogP contribution in [-0.2, 0) is 20.3 Å². The molecule has 0 aromatic heterocycles. The van der Waals surface area contributed by atoms with Gasteiger partial charge < -0.3 is 10.1 Å². The second-order valence-corrected chi connectivity index (χ2v) is 7.11. The summed E-state index contributed by atoms with van der Waals surface area (Å²) in [6.07, 6.45) is 0. The highest BCUT2D eigenvalue weighted by Gasteiger charge is 2.17. The monoisotopic (exact) mass is 359 g/mol. The zero-order valence-corrected chi connectivity index (χ0v) is 15.0. The number of nitrogens with one attached hydrogen (secondary N) is 1. The van der Waals surface area contributed by atoms with Crippen molar-refractivity contribution in [3.8, 4) is 0 Å². The number of ether oxygens (including phenoxy) is 1. The number of benzene rings is 2. The van der Waals surface area contributed by atoms with Crippen molar-refractivity contribution in [2.75, 3.05) is 12.4 Å². The first kappa shape index (κ1) is 18.9. The smallest absolute Gasteiger partial charge is 0.339 e. The van der Waals surface area contributed by atoms with E-state index in [2.05, 4.69) is 5.32 Å². The minimum absolute atomic E-state index is 0.188. The van der Waals surface area contributed by atoms with E-state index in [0.717, 1.165) is 5.56 Å². The zero-order valence-electron chi connectivity index (χ0n) is 14.2. The van der Waals surface area contributed by atoms with Gasteiger partial charge in [0.2, 0.25) is 0 Å². The normalized spacial score (nSPS) is 12.9. The van der Waals surface area contributed by atoms with E-state index < -0.39 is 22.7 Å². The lowest BCUT2D eigenvalue weighted by molar-refractivity contribution is -0.124. The van der Waals surface area contributed by atoms with E-state index in [-0.39, 0.29) is 18.2 Å². The van der Waals surface area contributed by atoms with Gasteiger partial charge in [0.15, 0.2) is 6.61 Å². The lowest BCUT2D eigenvalue weighted by Gasteiger charge is -2.14. The van der Waals surface area contributed by atoms with E-state index in [9.17, 15) is 13.8 Å². The van der Waals surface area contributed by atoms with Crippen LogP contribution >= 0.6 is 0 Å². The first-order valence-electron chi connectivity index (χ1n) is 8.01. The number of hydrogen-bond acceptors (Lipinski definition) is 4. The number of rotatable bonds is 7. The third-order valence-electron chi connectivity index (χ3n) is 3.63. The molecular weight excluding hydrogens is 338 g/mol. The Morgan fingerprint density at radius 1 is 1.08 bits per heavy atom. The van der Waals surface area contributed by atoms with Gasteiger partial charge in [-0.15, -0.1) is 0 Å². The van der Waals surface area contributed by atoms with Crippen molar-refractivity contribution in [1.82, 2.24) is 5.32 Å². The zero-order chi connectivity index (χ0) is 18.2. The first-order chi connectivity index (χ1) is 12.0. The Labute approximate surface area is 149 Å². The number of carbonyl (C=O) groups excluding carboxylic acids is 2. The topological polar surface area (TPSA) is 72.5 Å². The van der Waals surface area contributed by atoms with Crippen molar-refractivity contribution in [2.45, 2.75) is 24.8 Å². The molecule has 0 fully saturated rings. The van der Waals surface area contributed by atoms with Crippen LogP contribution in [0.15, 0.2) is 59.5 Å². The number of hydrogen-bond donors (Lipinski definition) is 1. The van der Waals surface area contributed by atoms with Gasteiger partial charge in [0.05, 0.1) is 27.3 Å². The summed E-state index contributed by atoms with van der Waals surface area (Å²) in [7, 11) is -1.27. The molecule has 1 N–H and O–H groups in total. The molecule has 25 heavy (non-hydrogen) atoms. The van der Waals surface area contributed by atoms with Crippen molar-refractivity contribution >= 4 is 22.7 Å². The maximum atomic E-state index is 12.2. The Bertz CT molecular complexity index is 761. The second-order valence-electron chi connectivity index (χ2n) is 5.41. The average molecular weight is 359 g/mol. The number of amides is 1. The van der Waals surface area contributed by atoms with Crippen LogP contribution in [0.3, 0.4) is 0 Å². The molecule has 0 aliphatic rings. The van der Waals surface area contributed by atoms with Crippen molar-refractivity contribution in [1.29, 1.82) is 0 Å². The fourth-order valence-corrected chi connectivity index (χ4v) is 3.24. The van der Waals surface area contributed by atoms with Crippen LogP contribution < -0.4 is 5.32 Å². The van der Waals surface area contributed by atoms with E-state index in [0.29, 0.717) is 10.6 Å². The SMILES string of the molecule is CC[S@@](=O)c1ccccc1C(=O)OCC(=O)N[C@H](C)c1ccccc1. The molecule has 2 atom stereocenters. The molecule has 6 heteroatoms. The van der Waals surface area contributed by atoms with Gasteiger partial charge in [-0.2, -0.15) is 0 Å². The van der Waals surface area contributed by atoms with E-state index in [1.807, 2.05) is 37.3 Å². The third kappa shape index (κ3) is 5.26. The van der Waals surface area contributed by atoms with Gasteiger partial charge in [-0.05, 0) is 24.6 Å². The van der Waals surface area contributed by atoms with E-state index in [1.54, 1.807) is 31.2 Å². The lowest BCUT2D eigenvalue weighted by atomic mass is 10.1. The van der Waals surface area contributed by atoms with Crippen LogP contribution in [0.1, 0.15) is 35.8 Å². The summed E-state index contributed by atoms with van der Waals surface area (Å²) in [4.78, 5) is 24.6. The Morgan fingerprint density at radius 2 is 1.72 bits per heavy atom. The molecule has 0 unspecified atom stereocenters. The standard InChI is InChI=1S/C19H21NO4S/c1-3-25(23)17-12-8-7-11-16(17)19(22)24-13-18(21)20-14(2)15-9-5-4-6-10-15/h4-12,14H,3,13H2,1-2H3,(H,20,21)/t14-,25-/m1/s1. The Hall–Kier alpha value is -2.47. The fraction of sp³-hybridized carbons (Fsp3) is 0.263. The summed E-state index contributed by atoms with van der Waals surface area (Å²) in [6.45, 7) is 3.24. The summed E-state index contributed by atoms with van der Waals surface area (Å²) < 4.78 is 17.1. The third-order valence-corrected chi connectivity index (χ3v) is 5.00. The Balaban J connectivity index is 1.94. The molecule has 0 radical (unpaired) electrons. The predicted molar refractivity (Wildman–Crippen MR) is 96.7 cm³/mol. The molecule has 0 spiro atoms. The molecule has 0 saturated heterocycles. The second kappa shape index (κ2) is 9.13. The summed E-state index contributed by atoms with van der Waals surface area (Å²) in [5.41, 5.74) is 1.19. The van der Waals surface area contributed by atoms with Crippen molar-refractivity contribution in [3.63, 3.8) is 0 Å². The van der Waals surface area contributed by atoms with Gasteiger partial charge in [-0.25, -0.2) is 4.79 Å². The molecule has 2 rings (SSSR count). The highest BCUT2D eigenvalue weighted by Crippen LogP contribution is 2.15. The molecule has 2 aromatic carbocycles. The summed E-state index contributed by atoms with van der Waals surface area (Å²) in [5.74, 6) is -0.641. The largest absolute Gasteiger partial charge is 0.452 e. The summed E-state index contributed by atoms with van der Waals surface area (Å²) >= 11 is 0. The van der Waals surface area contributed by atoms with Gasteiger partial charge in [0.1, 0.15) is 0 Å². The van der Waals surface area contributed by atoms with E-state index >= 15 is 0 Å². The molecule has 1 amide bonds. The van der Waals surface area contributed by atoms with Crippen LogP contribution in [0.2, 0.25) is 0 Å². The number of esters is 1. The van der Waals surface area contributed by atoms with Gasteiger partial charge in [-0.1, -0.05) is 49.4 Å². The molecular formula is C19H21NO4S. The summed E-state index contributed by atoms with van der Waals surface area (Å²) in [5, 5.41) is 2.78. The van der Waals surface area contributed by atoms with E-state index in [1.165, 1.54) is 0 Å². The molecule has 0 aliphatic carbocycles. The molecule has 0 heterocycles. The number of carbonyl (C=O) groups is 2. The van der Waals surface area contributed by atoms with Crippen molar-refractivity contribution in [3.05, 3.63) is 65.7 Å². The minimum Gasteiger partial charge on any atom is -0.452 e. The van der Waals surface area contributed by atoms with E-state index in [4.69, 9.17) is 4.74 Å². The maximum absolute atomic E-state index is 12.2. The van der Waals surface area contributed by atoms with Gasteiger partial charge in [0, 0.05) is 5.75 Å². The molecule has 2 aromatic rings. The van der Waals surface area contributed by atoms with Crippen molar-refractivity contribution < 1.29 is 18.5 Å². The molecule has 5 nitrogen and oxygen atoms in total. The van der Waals surface area contributed by atoms with Crippen LogP contribution in [0.5, 0.6) is 0 Å². The highest BCUT2D eigenvalue weighted by atomic mass is 32.2. The maximum Gasteiger partial charge on any atom is 0.339 e. The molecule has 0 aliphatic heterocycles. The van der Waals surface area contributed by atoms with Gasteiger partial charge in [0.25, 0.3) is 5.91 Å². The van der Waals surface area contributed by atoms with Crippen LogP contribution in [0.25, 0.3) is 0 Å². The fourth-order valence-electron chi connectivity index (χ4n) is 2.31. The molecule has 0 saturated carbocycles. The molecule has 132 valence electrons. The average Bonchev–Trinajstić information content (AvgIpc) is 2.66. The first-order valence-corrected chi connectivity index (χ1v) is 9.33. The summed E-state index contributed by atoms with van der Waals surface area (Å²) in [6, 6.07) is 15.9. The molecule has 0 bridgehead atoms. The van der Waals surface area contributed by atoms with Crippen molar-refractivity contribution in [2.24, 2.45) is 0 Å². The van der Waals surface area contributed by atoms with Crippen LogP contribution in [0.4, 0.5) is 0 Å². The van der Waals surface area contributed by atoms with Gasteiger partial charge >= 0.3 is 5.97 Å². The van der Waals surface area contributed by atoms with Crippen LogP contribution in [0, 0.1) is 0 Å².